The van der Waals surface area contributed by atoms with Crippen molar-refractivity contribution >= 4 is 0 Å². The van der Waals surface area contributed by atoms with Crippen LogP contribution in [0, 0.1) is 69.0 Å². The minimum Gasteiger partial charge on any atom is -0.198 e. The maximum Gasteiger partial charge on any atom is 0.0991 e. The summed E-state index contributed by atoms with van der Waals surface area (Å²) < 4.78 is 0. The summed E-state index contributed by atoms with van der Waals surface area (Å²) in [7, 11) is 0. The van der Waals surface area contributed by atoms with Crippen molar-refractivity contribution in [2.24, 2.45) is 0 Å². The Kier molecular flexibility index (Phi) is 7.04. The molecule has 0 aliphatic heterocycles. The van der Waals surface area contributed by atoms with Crippen molar-refractivity contribution in [3.05, 3.63) is 105 Å². The zero-order chi connectivity index (χ0) is 22.8. The zero-order valence-corrected chi connectivity index (χ0v) is 17.0. The Hall–Kier alpha value is -5.26. The van der Waals surface area contributed by atoms with Crippen LogP contribution in [0.1, 0.15) is 44.5 Å². The van der Waals surface area contributed by atoms with Gasteiger partial charge in [0.25, 0.3) is 0 Å². The van der Waals surface area contributed by atoms with Gasteiger partial charge in [0.1, 0.15) is 0 Å². The number of benzene rings is 3. The van der Waals surface area contributed by atoms with E-state index < -0.39 is 0 Å². The molecule has 4 nitrogen and oxygen atoms in total. The molecule has 0 saturated carbocycles. The van der Waals surface area contributed by atoms with E-state index in [-0.39, 0.29) is 12.8 Å². The molecule has 0 spiro atoms. The van der Waals surface area contributed by atoms with Gasteiger partial charge in [-0.3, -0.25) is 0 Å². The molecule has 0 bridgehead atoms. The molecule has 0 heterocycles. The Morgan fingerprint density at radius 1 is 0.469 bits per heavy atom. The summed E-state index contributed by atoms with van der Waals surface area (Å²) in [6.45, 7) is 0. The second-order valence-corrected chi connectivity index (χ2v) is 6.71. The number of nitriles is 4. The topological polar surface area (TPSA) is 95.2 Å². The molecule has 146 valence electrons. The Morgan fingerprint density at radius 3 is 1.12 bits per heavy atom. The second kappa shape index (κ2) is 10.5. The summed E-state index contributed by atoms with van der Waals surface area (Å²) >= 11 is 0. The minimum atomic E-state index is 0.162. The number of hydrogen-bond donors (Lipinski definition) is 0. The fraction of sp³-hybridized carbons (Fsp3) is 0.0714. The van der Waals surface area contributed by atoms with Gasteiger partial charge in [0.15, 0.2) is 0 Å². The number of nitrogens with zero attached hydrogens (tertiary/aromatic N) is 4. The first-order valence-corrected chi connectivity index (χ1v) is 9.61. The molecular weight excluding hydrogens is 392 g/mol. The lowest BCUT2D eigenvalue weighted by molar-refractivity contribution is 1.19. The number of hydrogen-bond acceptors (Lipinski definition) is 4. The Balaban J connectivity index is 2.02. The largest absolute Gasteiger partial charge is 0.198 e. The molecule has 0 atom stereocenters. The molecule has 0 aromatic heterocycles. The van der Waals surface area contributed by atoms with Crippen molar-refractivity contribution in [3.63, 3.8) is 0 Å². The van der Waals surface area contributed by atoms with Gasteiger partial charge in [-0.25, -0.2) is 0 Å². The van der Waals surface area contributed by atoms with Crippen LogP contribution in [0.2, 0.25) is 0 Å². The van der Waals surface area contributed by atoms with Crippen LogP contribution < -0.4 is 0 Å². The van der Waals surface area contributed by atoms with Crippen LogP contribution in [0.3, 0.4) is 0 Å². The fourth-order valence-electron chi connectivity index (χ4n) is 2.92. The van der Waals surface area contributed by atoms with Gasteiger partial charge in [-0.05, 0) is 71.8 Å². The highest BCUT2D eigenvalue weighted by molar-refractivity contribution is 5.56. The van der Waals surface area contributed by atoms with Crippen molar-refractivity contribution in [2.75, 3.05) is 0 Å². The second-order valence-electron chi connectivity index (χ2n) is 6.71. The summed E-state index contributed by atoms with van der Waals surface area (Å²) in [6, 6.07) is 25.9. The highest BCUT2D eigenvalue weighted by Crippen LogP contribution is 2.18. The summed E-state index contributed by atoms with van der Waals surface area (Å²) in [5.74, 6) is 12.3. The van der Waals surface area contributed by atoms with E-state index in [0.717, 1.165) is 22.3 Å². The quantitative estimate of drug-likeness (QED) is 0.591. The van der Waals surface area contributed by atoms with E-state index in [1.54, 1.807) is 48.5 Å². The van der Waals surface area contributed by atoms with Crippen molar-refractivity contribution in [3.8, 4) is 48.0 Å². The third kappa shape index (κ3) is 5.42. The summed E-state index contributed by atoms with van der Waals surface area (Å²) in [4.78, 5) is 0. The first kappa shape index (κ1) is 21.4. The average Bonchev–Trinajstić information content (AvgIpc) is 2.83. The first-order chi connectivity index (χ1) is 15.7. The predicted octanol–water partition coefficient (Wildman–Crippen LogP) is 4.36. The molecule has 4 heteroatoms. The van der Waals surface area contributed by atoms with E-state index in [0.29, 0.717) is 22.3 Å². The average molecular weight is 406 g/mol. The molecule has 3 aromatic rings. The summed E-state index contributed by atoms with van der Waals surface area (Å²) in [5.41, 5.74) is 5.43. The molecule has 0 fully saturated rings. The van der Waals surface area contributed by atoms with E-state index in [1.165, 1.54) is 0 Å². The van der Waals surface area contributed by atoms with E-state index in [9.17, 15) is 10.5 Å². The number of rotatable bonds is 2. The van der Waals surface area contributed by atoms with Gasteiger partial charge in [-0.15, -0.1) is 0 Å². The van der Waals surface area contributed by atoms with E-state index >= 15 is 0 Å². The minimum absolute atomic E-state index is 0.162. The standard InChI is InChI=1S/C28H14N4/c29-15-13-27-18-26(12-10-22-3-7-24(20-32)8-4-22)28(14-16-30)17-25(27)11-9-21-1-5-23(19-31)6-2-21/h1-8,17-18H,13-14H2. The van der Waals surface area contributed by atoms with Crippen LogP contribution in [-0.4, -0.2) is 0 Å². The third-order valence-electron chi connectivity index (χ3n) is 4.58. The third-order valence-corrected chi connectivity index (χ3v) is 4.58. The smallest absolute Gasteiger partial charge is 0.0991 e. The summed E-state index contributed by atoms with van der Waals surface area (Å²) in [6.07, 6.45) is 0.325. The van der Waals surface area contributed by atoms with Crippen LogP contribution in [0.15, 0.2) is 60.7 Å². The predicted molar refractivity (Wildman–Crippen MR) is 119 cm³/mol. The molecule has 0 unspecified atom stereocenters. The van der Waals surface area contributed by atoms with E-state index in [1.807, 2.05) is 12.1 Å². The van der Waals surface area contributed by atoms with E-state index in [4.69, 9.17) is 10.5 Å². The van der Waals surface area contributed by atoms with Crippen LogP contribution in [0.4, 0.5) is 0 Å². The molecular formula is C28H14N4. The molecule has 0 N–H and O–H groups in total. The lowest BCUT2D eigenvalue weighted by atomic mass is 9.95. The molecule has 3 aromatic carbocycles. The van der Waals surface area contributed by atoms with Gasteiger partial charge < -0.3 is 0 Å². The lowest BCUT2D eigenvalue weighted by Gasteiger charge is -2.07. The zero-order valence-electron chi connectivity index (χ0n) is 17.0. The van der Waals surface area contributed by atoms with Crippen LogP contribution in [-0.2, 0) is 12.8 Å². The van der Waals surface area contributed by atoms with Gasteiger partial charge in [0.2, 0.25) is 0 Å². The Morgan fingerprint density at radius 2 is 0.812 bits per heavy atom. The van der Waals surface area contributed by atoms with Crippen molar-refractivity contribution in [1.29, 1.82) is 21.0 Å². The van der Waals surface area contributed by atoms with Gasteiger partial charge in [0.05, 0.1) is 48.2 Å². The Bertz CT molecular complexity index is 1330. The lowest BCUT2D eigenvalue weighted by Crippen LogP contribution is -1.97. The van der Waals surface area contributed by atoms with Crippen molar-refractivity contribution in [1.82, 2.24) is 0 Å². The highest BCUT2D eigenvalue weighted by atomic mass is 14.3. The maximum absolute atomic E-state index is 9.26. The highest BCUT2D eigenvalue weighted by Gasteiger charge is 2.08. The molecule has 0 saturated heterocycles. The van der Waals surface area contributed by atoms with Gasteiger partial charge in [-0.1, -0.05) is 23.7 Å². The molecule has 3 rings (SSSR count). The first-order valence-electron chi connectivity index (χ1n) is 9.61. The molecule has 0 radical (unpaired) electrons. The van der Waals surface area contributed by atoms with E-state index in [2.05, 4.69) is 48.0 Å². The van der Waals surface area contributed by atoms with Crippen molar-refractivity contribution in [2.45, 2.75) is 12.8 Å². The van der Waals surface area contributed by atoms with Gasteiger partial charge >= 0.3 is 0 Å². The van der Waals surface area contributed by atoms with Crippen LogP contribution >= 0.6 is 0 Å². The fourth-order valence-corrected chi connectivity index (χ4v) is 2.92. The van der Waals surface area contributed by atoms with Crippen molar-refractivity contribution < 1.29 is 0 Å². The van der Waals surface area contributed by atoms with Crippen LogP contribution in [0.5, 0.6) is 0 Å². The van der Waals surface area contributed by atoms with Crippen LogP contribution in [0.25, 0.3) is 0 Å². The molecule has 0 amide bonds. The SMILES string of the molecule is N#CCc1cc(C#Cc2ccc(C#N)cc2)c(CC#N)cc1C#Cc1ccc(C#N)cc1. The molecule has 0 aliphatic carbocycles. The maximum atomic E-state index is 9.26. The molecule has 32 heavy (non-hydrogen) atoms. The monoisotopic (exact) mass is 406 g/mol. The van der Waals surface area contributed by atoms with Gasteiger partial charge in [-0.2, -0.15) is 21.0 Å². The molecule has 0 aliphatic rings. The van der Waals surface area contributed by atoms with Gasteiger partial charge in [0, 0.05) is 22.3 Å². The Labute approximate surface area is 187 Å². The normalized spacial score (nSPS) is 8.88. The summed E-state index contributed by atoms with van der Waals surface area (Å²) in [5, 5.41) is 36.4.